The Morgan fingerprint density at radius 2 is 1.77 bits per heavy atom. The molecule has 0 radical (unpaired) electrons. The highest BCUT2D eigenvalue weighted by Crippen LogP contribution is 2.36. The van der Waals surface area contributed by atoms with E-state index in [1.807, 2.05) is 18.2 Å². The molecule has 1 aromatic carbocycles. The summed E-state index contributed by atoms with van der Waals surface area (Å²) in [4.78, 5) is 2.12. The van der Waals surface area contributed by atoms with Crippen LogP contribution in [0.5, 0.6) is 0 Å². The number of unbranched alkanes of at least 4 members (excludes halogenated alkanes) is 1. The summed E-state index contributed by atoms with van der Waals surface area (Å²) in [6.45, 7) is 14.2. The number of nitrogens with zero attached hydrogens (tertiary/aromatic N) is 1. The van der Waals surface area contributed by atoms with E-state index in [1.165, 1.54) is 5.56 Å². The van der Waals surface area contributed by atoms with Crippen LogP contribution in [-0.2, 0) is 11.0 Å². The third-order valence-corrected chi connectivity index (χ3v) is 9.87. The lowest BCUT2D eigenvalue weighted by atomic mass is 10.1. The zero-order chi connectivity index (χ0) is 19.6. The first-order valence-electron chi connectivity index (χ1n) is 9.85. The maximum absolute atomic E-state index is 10.4. The predicted molar refractivity (Wildman–Crippen MR) is 112 cm³/mol. The predicted octanol–water partition coefficient (Wildman–Crippen LogP) is 4.03. The lowest BCUT2D eigenvalue weighted by molar-refractivity contribution is 0.0869. The molecule has 0 amide bonds. The van der Waals surface area contributed by atoms with Gasteiger partial charge in [0.05, 0.1) is 12.7 Å². The van der Waals surface area contributed by atoms with Gasteiger partial charge in [-0.1, -0.05) is 51.1 Å². The first-order valence-corrected chi connectivity index (χ1v) is 12.8. The Balaban J connectivity index is 2.30. The van der Waals surface area contributed by atoms with Crippen molar-refractivity contribution < 1.29 is 14.6 Å². The summed E-state index contributed by atoms with van der Waals surface area (Å²) in [5, 5.41) is 19.9. The normalized spacial score (nSPS) is 14.0. The molecule has 1 aromatic rings. The lowest BCUT2D eigenvalue weighted by Crippen LogP contribution is -2.41. The van der Waals surface area contributed by atoms with E-state index >= 15 is 0 Å². The molecule has 0 aliphatic carbocycles. The second-order valence-electron chi connectivity index (χ2n) is 8.70. The molecule has 0 bridgehead atoms. The lowest BCUT2D eigenvalue weighted by Gasteiger charge is -2.36. The van der Waals surface area contributed by atoms with E-state index in [0.29, 0.717) is 13.1 Å². The van der Waals surface area contributed by atoms with Crippen LogP contribution in [0.1, 0.15) is 45.6 Å². The smallest absolute Gasteiger partial charge is 0.191 e. The van der Waals surface area contributed by atoms with E-state index in [2.05, 4.69) is 50.9 Å². The number of hydrogen-bond acceptors (Lipinski definition) is 4. The van der Waals surface area contributed by atoms with Crippen LogP contribution in [-0.4, -0.2) is 55.8 Å². The van der Waals surface area contributed by atoms with Crippen molar-refractivity contribution in [2.45, 2.75) is 70.8 Å². The van der Waals surface area contributed by atoms with Crippen LogP contribution >= 0.6 is 0 Å². The van der Waals surface area contributed by atoms with Crippen molar-refractivity contribution in [2.75, 3.05) is 26.3 Å². The minimum absolute atomic E-state index is 0.111. The SMILES string of the molecule is CC(C)(C)[Si](C)(C)OCCCC[C@H](O)CN(CCO)Cc1ccccc1. The molecule has 0 aromatic heterocycles. The second kappa shape index (κ2) is 11.2. The van der Waals surface area contributed by atoms with E-state index in [1.54, 1.807) is 0 Å². The fraction of sp³-hybridized carbons (Fsp3) is 0.714. The summed E-state index contributed by atoms with van der Waals surface area (Å²) < 4.78 is 6.19. The van der Waals surface area contributed by atoms with Gasteiger partial charge in [0.2, 0.25) is 0 Å². The first kappa shape index (κ1) is 23.3. The van der Waals surface area contributed by atoms with Gasteiger partial charge in [-0.2, -0.15) is 0 Å². The van der Waals surface area contributed by atoms with Gasteiger partial charge >= 0.3 is 0 Å². The summed E-state index contributed by atoms with van der Waals surface area (Å²) >= 11 is 0. The molecule has 150 valence electrons. The molecule has 0 aliphatic rings. The van der Waals surface area contributed by atoms with Crippen molar-refractivity contribution in [3.8, 4) is 0 Å². The quantitative estimate of drug-likeness (QED) is 0.424. The second-order valence-corrected chi connectivity index (χ2v) is 13.5. The van der Waals surface area contributed by atoms with E-state index in [0.717, 1.165) is 32.4 Å². The molecule has 1 atom stereocenters. The Bertz CT molecular complexity index is 488. The summed E-state index contributed by atoms with van der Waals surface area (Å²) in [6.07, 6.45) is 2.37. The third-order valence-electron chi connectivity index (χ3n) is 5.33. The summed E-state index contributed by atoms with van der Waals surface area (Å²) in [5.41, 5.74) is 1.20. The molecule has 0 saturated heterocycles. The fourth-order valence-electron chi connectivity index (χ4n) is 2.63. The molecule has 5 heteroatoms. The Morgan fingerprint density at radius 1 is 1.12 bits per heavy atom. The molecule has 0 spiro atoms. The molecule has 4 nitrogen and oxygen atoms in total. The van der Waals surface area contributed by atoms with Gasteiger partial charge in [0.25, 0.3) is 0 Å². The van der Waals surface area contributed by atoms with E-state index < -0.39 is 8.32 Å². The van der Waals surface area contributed by atoms with Crippen LogP contribution in [0, 0.1) is 0 Å². The Kier molecular flexibility index (Phi) is 10.0. The average Bonchev–Trinajstić information content (AvgIpc) is 2.54. The van der Waals surface area contributed by atoms with Crippen molar-refractivity contribution in [1.82, 2.24) is 4.90 Å². The minimum Gasteiger partial charge on any atom is -0.417 e. The third kappa shape index (κ3) is 8.78. The molecule has 0 aliphatic heterocycles. The van der Waals surface area contributed by atoms with Gasteiger partial charge in [0, 0.05) is 26.2 Å². The van der Waals surface area contributed by atoms with Crippen LogP contribution < -0.4 is 0 Å². The standard InChI is InChI=1S/C21H39NO3Si/c1-21(2,3)26(4,5)25-16-10-9-13-20(24)18-22(14-15-23)17-19-11-7-6-8-12-19/h6-8,11-12,20,23-24H,9-10,13-18H2,1-5H3/t20-/m0/s1. The highest BCUT2D eigenvalue weighted by molar-refractivity contribution is 6.74. The Morgan fingerprint density at radius 3 is 2.35 bits per heavy atom. The summed E-state index contributed by atoms with van der Waals surface area (Å²) in [6, 6.07) is 10.2. The van der Waals surface area contributed by atoms with Gasteiger partial charge in [-0.25, -0.2) is 0 Å². The Hall–Kier alpha value is -0.723. The average molecular weight is 382 g/mol. The zero-order valence-corrected chi connectivity index (χ0v) is 18.4. The molecule has 1 rings (SSSR count). The number of hydrogen-bond donors (Lipinski definition) is 2. The van der Waals surface area contributed by atoms with E-state index in [4.69, 9.17) is 4.43 Å². The molecule has 0 saturated carbocycles. The van der Waals surface area contributed by atoms with Gasteiger partial charge in [-0.05, 0) is 43.0 Å². The number of benzene rings is 1. The maximum atomic E-state index is 10.4. The van der Waals surface area contributed by atoms with Crippen molar-refractivity contribution in [1.29, 1.82) is 0 Å². The van der Waals surface area contributed by atoms with Gasteiger partial charge in [0.15, 0.2) is 8.32 Å². The summed E-state index contributed by atoms with van der Waals surface area (Å²) in [7, 11) is -1.66. The van der Waals surface area contributed by atoms with Crippen molar-refractivity contribution in [2.24, 2.45) is 0 Å². The number of aliphatic hydroxyl groups is 2. The molecule has 26 heavy (non-hydrogen) atoms. The van der Waals surface area contributed by atoms with Crippen LogP contribution in [0.25, 0.3) is 0 Å². The monoisotopic (exact) mass is 381 g/mol. The highest BCUT2D eigenvalue weighted by atomic mass is 28.4. The van der Waals surface area contributed by atoms with Gasteiger partial charge < -0.3 is 14.6 Å². The molecule has 0 heterocycles. The molecule has 0 fully saturated rings. The van der Waals surface area contributed by atoms with Crippen molar-refractivity contribution >= 4 is 8.32 Å². The van der Waals surface area contributed by atoms with Crippen LogP contribution in [0.2, 0.25) is 18.1 Å². The van der Waals surface area contributed by atoms with Crippen LogP contribution in [0.4, 0.5) is 0 Å². The van der Waals surface area contributed by atoms with Crippen LogP contribution in [0.3, 0.4) is 0 Å². The number of rotatable bonds is 12. The highest BCUT2D eigenvalue weighted by Gasteiger charge is 2.36. The molecular weight excluding hydrogens is 342 g/mol. The maximum Gasteiger partial charge on any atom is 0.191 e. The first-order chi connectivity index (χ1) is 12.2. The van der Waals surface area contributed by atoms with E-state index in [-0.39, 0.29) is 17.7 Å². The van der Waals surface area contributed by atoms with Gasteiger partial charge in [0.1, 0.15) is 0 Å². The zero-order valence-electron chi connectivity index (χ0n) is 17.4. The minimum atomic E-state index is -1.66. The fourth-order valence-corrected chi connectivity index (χ4v) is 3.72. The molecule has 0 unspecified atom stereocenters. The van der Waals surface area contributed by atoms with Crippen molar-refractivity contribution in [3.63, 3.8) is 0 Å². The molecular formula is C21H39NO3Si. The largest absolute Gasteiger partial charge is 0.417 e. The topological polar surface area (TPSA) is 52.9 Å². The van der Waals surface area contributed by atoms with Gasteiger partial charge in [-0.3, -0.25) is 4.90 Å². The Labute approximate surface area is 161 Å². The van der Waals surface area contributed by atoms with E-state index in [9.17, 15) is 10.2 Å². The molecule has 2 N–H and O–H groups in total. The summed E-state index contributed by atoms with van der Waals surface area (Å²) in [5.74, 6) is 0. The number of aliphatic hydroxyl groups excluding tert-OH is 2. The van der Waals surface area contributed by atoms with Crippen molar-refractivity contribution in [3.05, 3.63) is 35.9 Å². The van der Waals surface area contributed by atoms with Crippen LogP contribution in [0.15, 0.2) is 30.3 Å². The van der Waals surface area contributed by atoms with Gasteiger partial charge in [-0.15, -0.1) is 0 Å².